The van der Waals surface area contributed by atoms with Gasteiger partial charge in [0, 0.05) is 29.8 Å². The molecule has 3 heterocycles. The third-order valence-corrected chi connectivity index (χ3v) is 9.74. The first-order chi connectivity index (χ1) is 22.8. The van der Waals surface area contributed by atoms with Gasteiger partial charge in [-0.2, -0.15) is 0 Å². The van der Waals surface area contributed by atoms with Crippen molar-refractivity contribution in [3.8, 4) is 11.5 Å². The minimum Gasteiger partial charge on any atom is -0.497 e. The monoisotopic (exact) mass is 633 g/mol. The highest BCUT2D eigenvalue weighted by molar-refractivity contribution is 6.09. The molecule has 11 nitrogen and oxygen atoms in total. The number of amides is 1. The number of nitrogens with zero attached hydrogens (tertiary/aromatic N) is 2. The molecule has 0 aromatic heterocycles. The topological polar surface area (TPSA) is 137 Å². The van der Waals surface area contributed by atoms with Crippen molar-refractivity contribution in [1.82, 2.24) is 5.32 Å². The van der Waals surface area contributed by atoms with Crippen molar-refractivity contribution in [3.05, 3.63) is 130 Å². The summed E-state index contributed by atoms with van der Waals surface area (Å²) >= 11 is 0. The molecule has 6 atom stereocenters. The van der Waals surface area contributed by atoms with Crippen molar-refractivity contribution in [1.29, 1.82) is 0 Å². The number of para-hydroxylation sites is 1. The van der Waals surface area contributed by atoms with Crippen molar-refractivity contribution in [2.45, 2.75) is 30.0 Å². The molecule has 7 rings (SSSR count). The molecule has 1 N–H and O–H groups in total. The number of hydrogen-bond acceptors (Lipinski definition) is 9. The van der Waals surface area contributed by atoms with E-state index in [1.54, 1.807) is 72.7 Å². The molecule has 238 valence electrons. The molecule has 0 unspecified atom stereocenters. The van der Waals surface area contributed by atoms with E-state index >= 15 is 4.79 Å². The quantitative estimate of drug-likeness (QED) is 0.133. The van der Waals surface area contributed by atoms with Crippen LogP contribution < -0.4 is 19.7 Å². The number of carbonyl (C=O) groups excluding carboxylic acids is 3. The van der Waals surface area contributed by atoms with Gasteiger partial charge in [-0.05, 0) is 47.5 Å². The van der Waals surface area contributed by atoms with Gasteiger partial charge in [-0.3, -0.25) is 29.8 Å². The number of anilines is 1. The molecule has 47 heavy (non-hydrogen) atoms. The maximum Gasteiger partial charge on any atom is 0.323 e. The number of hydrogen-bond donors (Lipinski definition) is 1. The number of fused-ring (bicyclic) bond motifs is 1. The number of nitro benzene ring substituents is 1. The SMILES string of the molecule is COC(=O)[C@@H]1N[C@H]([C@@H]2[C@H](c3ccccc3)C(=O)N2c2ccc(OC)cc2)[C@@]2(COc3ccccc3C2=O)[C@H]1c1ccc([N+](=O)[O-])cc1. The first-order valence-corrected chi connectivity index (χ1v) is 15.2. The maximum atomic E-state index is 15.1. The van der Waals surface area contributed by atoms with Crippen LogP contribution in [-0.4, -0.2) is 61.5 Å². The van der Waals surface area contributed by atoms with Crippen LogP contribution in [0.2, 0.25) is 0 Å². The van der Waals surface area contributed by atoms with E-state index in [9.17, 15) is 19.7 Å². The van der Waals surface area contributed by atoms with Gasteiger partial charge in [-0.25, -0.2) is 0 Å². The standard InChI is InChI=1S/C36H31N3O8/c1-45-25-18-16-23(17-19-25)38-31(28(34(38)41)21-8-4-3-5-9-21)32-36(20-47-27-11-7-6-10-26(27)33(36)40)29(30(37-32)35(42)46-2)22-12-14-24(15-13-22)39(43)44/h3-19,28-32,37H,20H2,1-2H3/t28-,29-,30+,31-,32+,36+/m0/s1. The van der Waals surface area contributed by atoms with Gasteiger partial charge in [0.25, 0.3) is 5.69 Å². The molecule has 0 aliphatic carbocycles. The first kappa shape index (κ1) is 30.1. The third kappa shape index (κ3) is 4.65. The van der Waals surface area contributed by atoms with Crippen molar-refractivity contribution in [2.75, 3.05) is 25.7 Å². The number of benzene rings is 4. The number of non-ortho nitro benzene ring substituents is 1. The molecule has 0 saturated carbocycles. The van der Waals surface area contributed by atoms with Crippen LogP contribution in [0.25, 0.3) is 0 Å². The summed E-state index contributed by atoms with van der Waals surface area (Å²) in [6, 6.07) is 26.7. The molecule has 4 aromatic carbocycles. The Morgan fingerprint density at radius 3 is 2.26 bits per heavy atom. The number of rotatable bonds is 7. The Bertz CT molecular complexity index is 1860. The van der Waals surface area contributed by atoms with E-state index in [4.69, 9.17) is 14.2 Å². The second kappa shape index (κ2) is 11.7. The number of methoxy groups -OCH3 is 2. The van der Waals surface area contributed by atoms with E-state index in [1.807, 2.05) is 30.3 Å². The molecule has 3 aliphatic rings. The summed E-state index contributed by atoms with van der Waals surface area (Å²) in [5.74, 6) is -1.53. The highest BCUT2D eigenvalue weighted by Gasteiger charge is 2.70. The van der Waals surface area contributed by atoms with Crippen LogP contribution in [0.1, 0.15) is 33.3 Å². The van der Waals surface area contributed by atoms with Crippen molar-refractivity contribution < 1.29 is 33.5 Å². The number of esters is 1. The molecule has 0 radical (unpaired) electrons. The van der Waals surface area contributed by atoms with E-state index in [0.717, 1.165) is 5.56 Å². The van der Waals surface area contributed by atoms with Gasteiger partial charge in [0.2, 0.25) is 5.91 Å². The summed E-state index contributed by atoms with van der Waals surface area (Å²) < 4.78 is 17.0. The van der Waals surface area contributed by atoms with Crippen LogP contribution in [-0.2, 0) is 14.3 Å². The summed E-state index contributed by atoms with van der Waals surface area (Å²) in [6.45, 7) is -0.113. The second-order valence-electron chi connectivity index (χ2n) is 11.9. The van der Waals surface area contributed by atoms with Crippen molar-refractivity contribution >= 4 is 29.0 Å². The lowest BCUT2D eigenvalue weighted by atomic mass is 9.59. The number of Topliss-reactive ketones (excluding diaryl/α,β-unsaturated/α-hetero) is 1. The third-order valence-electron chi connectivity index (χ3n) is 9.74. The lowest BCUT2D eigenvalue weighted by Crippen LogP contribution is -2.71. The fourth-order valence-corrected chi connectivity index (χ4v) is 7.61. The summed E-state index contributed by atoms with van der Waals surface area (Å²) in [7, 11) is 2.83. The molecular formula is C36H31N3O8. The van der Waals surface area contributed by atoms with Crippen molar-refractivity contribution in [3.63, 3.8) is 0 Å². The molecule has 11 heteroatoms. The van der Waals surface area contributed by atoms with E-state index in [-0.39, 0.29) is 24.0 Å². The number of ketones is 1. The predicted molar refractivity (Wildman–Crippen MR) is 171 cm³/mol. The lowest BCUT2D eigenvalue weighted by molar-refractivity contribution is -0.384. The molecule has 1 spiro atoms. The van der Waals surface area contributed by atoms with E-state index in [0.29, 0.717) is 28.3 Å². The summed E-state index contributed by atoms with van der Waals surface area (Å²) in [5.41, 5.74) is 0.670. The lowest BCUT2D eigenvalue weighted by Gasteiger charge is -2.54. The molecule has 2 fully saturated rings. The minimum absolute atomic E-state index is 0.113. The summed E-state index contributed by atoms with van der Waals surface area (Å²) in [5, 5.41) is 15.0. The van der Waals surface area contributed by atoms with E-state index in [1.165, 1.54) is 19.2 Å². The average molecular weight is 634 g/mol. The van der Waals surface area contributed by atoms with E-state index < -0.39 is 46.3 Å². The Morgan fingerprint density at radius 2 is 1.60 bits per heavy atom. The number of carbonyl (C=O) groups is 3. The van der Waals surface area contributed by atoms with Crippen LogP contribution in [0.15, 0.2) is 103 Å². The van der Waals surface area contributed by atoms with Gasteiger partial charge < -0.3 is 19.1 Å². The Labute approximate surface area is 270 Å². The van der Waals surface area contributed by atoms with Gasteiger partial charge in [0.05, 0.1) is 42.1 Å². The van der Waals surface area contributed by atoms with Crippen LogP contribution in [0.4, 0.5) is 11.4 Å². The zero-order chi connectivity index (χ0) is 32.9. The molecule has 0 bridgehead atoms. The maximum absolute atomic E-state index is 15.1. The predicted octanol–water partition coefficient (Wildman–Crippen LogP) is 4.66. The fraction of sp³-hybridized carbons (Fsp3) is 0.250. The number of nitrogens with one attached hydrogen (secondary N) is 1. The highest BCUT2D eigenvalue weighted by Crippen LogP contribution is 2.57. The smallest absolute Gasteiger partial charge is 0.323 e. The second-order valence-corrected chi connectivity index (χ2v) is 11.9. The largest absolute Gasteiger partial charge is 0.497 e. The fourth-order valence-electron chi connectivity index (χ4n) is 7.61. The van der Waals surface area contributed by atoms with Gasteiger partial charge in [-0.15, -0.1) is 0 Å². The van der Waals surface area contributed by atoms with E-state index in [2.05, 4.69) is 5.32 Å². The molecule has 4 aromatic rings. The van der Waals surface area contributed by atoms with Crippen molar-refractivity contribution in [2.24, 2.45) is 5.41 Å². The van der Waals surface area contributed by atoms with Gasteiger partial charge in [-0.1, -0.05) is 54.6 Å². The first-order valence-electron chi connectivity index (χ1n) is 15.2. The van der Waals surface area contributed by atoms with Crippen LogP contribution in [0.3, 0.4) is 0 Å². The molecular weight excluding hydrogens is 602 g/mol. The van der Waals surface area contributed by atoms with Gasteiger partial charge >= 0.3 is 5.97 Å². The Morgan fingerprint density at radius 1 is 0.915 bits per heavy atom. The summed E-state index contributed by atoms with van der Waals surface area (Å²) in [6.07, 6.45) is 0. The molecule has 2 saturated heterocycles. The normalized spacial score (nSPS) is 26.3. The molecule has 1 amide bonds. The Kier molecular flexibility index (Phi) is 7.48. The van der Waals surface area contributed by atoms with Gasteiger partial charge in [0.15, 0.2) is 5.78 Å². The number of nitro groups is 1. The zero-order valence-corrected chi connectivity index (χ0v) is 25.6. The summed E-state index contributed by atoms with van der Waals surface area (Å²) in [4.78, 5) is 55.5. The number of β-lactam (4-membered cyclic amide) rings is 1. The average Bonchev–Trinajstić information content (AvgIpc) is 3.44. The van der Waals surface area contributed by atoms with Crippen LogP contribution >= 0.6 is 0 Å². The zero-order valence-electron chi connectivity index (χ0n) is 25.6. The minimum atomic E-state index is -1.44. The molecule has 3 aliphatic heterocycles. The van der Waals surface area contributed by atoms with Crippen LogP contribution in [0.5, 0.6) is 11.5 Å². The Balaban J connectivity index is 1.45. The highest BCUT2D eigenvalue weighted by atomic mass is 16.6. The Hall–Kier alpha value is -5.55. The van der Waals surface area contributed by atoms with Gasteiger partial charge in [0.1, 0.15) is 24.1 Å². The van der Waals surface area contributed by atoms with Crippen LogP contribution in [0, 0.1) is 15.5 Å². The number of ether oxygens (including phenoxy) is 3.